The van der Waals surface area contributed by atoms with Crippen molar-refractivity contribution >= 4 is 32.1 Å². The van der Waals surface area contributed by atoms with Crippen LogP contribution in [0.25, 0.3) is 6.08 Å². The van der Waals surface area contributed by atoms with Crippen molar-refractivity contribution in [1.29, 1.82) is 0 Å². The fraction of sp³-hybridized carbons (Fsp3) is 0. The Hall–Kier alpha value is -0.650. The Labute approximate surface area is 85.0 Å². The van der Waals surface area contributed by atoms with Crippen LogP contribution in [0.1, 0.15) is 5.56 Å². The molecule has 5 heteroatoms. The molecule has 0 atom stereocenters. The van der Waals surface area contributed by atoms with Crippen LogP contribution < -0.4 is 0 Å². The molecule has 0 fully saturated rings. The monoisotopic (exact) mass is 262 g/mol. The lowest BCUT2D eigenvalue weighted by atomic mass is 10.2. The maximum absolute atomic E-state index is 10.8. The normalized spacial score (nSPS) is 11.2. The summed E-state index contributed by atoms with van der Waals surface area (Å²) in [6.45, 7) is 3.50. The third-order valence-corrected chi connectivity index (χ3v) is 2.72. The van der Waals surface area contributed by atoms with Gasteiger partial charge in [0, 0.05) is 4.47 Å². The molecular formula is C8H7BrO3S. The molecule has 0 saturated heterocycles. The average molecular weight is 263 g/mol. The first-order valence-electron chi connectivity index (χ1n) is 3.34. The first kappa shape index (κ1) is 10.4. The Morgan fingerprint density at radius 3 is 2.46 bits per heavy atom. The van der Waals surface area contributed by atoms with Gasteiger partial charge in [0.25, 0.3) is 10.1 Å². The molecule has 13 heavy (non-hydrogen) atoms. The molecule has 3 nitrogen and oxygen atoms in total. The van der Waals surface area contributed by atoms with Crippen LogP contribution in [0.2, 0.25) is 0 Å². The lowest BCUT2D eigenvalue weighted by Crippen LogP contribution is -1.98. The fourth-order valence-corrected chi connectivity index (χ4v) is 2.07. The minimum Gasteiger partial charge on any atom is -0.282 e. The number of rotatable bonds is 2. The summed E-state index contributed by atoms with van der Waals surface area (Å²) in [5, 5.41) is 0. The van der Waals surface area contributed by atoms with E-state index in [1.807, 2.05) is 0 Å². The van der Waals surface area contributed by atoms with Crippen molar-refractivity contribution in [1.82, 2.24) is 0 Å². The second-order valence-corrected chi connectivity index (χ2v) is 4.74. The van der Waals surface area contributed by atoms with E-state index in [-0.39, 0.29) is 4.90 Å². The summed E-state index contributed by atoms with van der Waals surface area (Å²) in [4.78, 5) is -0.142. The third-order valence-electron chi connectivity index (χ3n) is 1.43. The molecule has 1 aromatic rings. The summed E-state index contributed by atoms with van der Waals surface area (Å²) in [6, 6.07) is 4.36. The van der Waals surface area contributed by atoms with Crippen molar-refractivity contribution in [3.05, 3.63) is 34.8 Å². The van der Waals surface area contributed by atoms with E-state index >= 15 is 0 Å². The molecule has 0 unspecified atom stereocenters. The van der Waals surface area contributed by atoms with Crippen LogP contribution in [0.15, 0.2) is 34.1 Å². The SMILES string of the molecule is C=Cc1cc(Br)cc(S(=O)(=O)O)c1. The van der Waals surface area contributed by atoms with Crippen molar-refractivity contribution < 1.29 is 13.0 Å². The fourth-order valence-electron chi connectivity index (χ4n) is 0.851. The van der Waals surface area contributed by atoms with Gasteiger partial charge in [0.1, 0.15) is 0 Å². The molecule has 0 aromatic heterocycles. The third kappa shape index (κ3) is 2.65. The standard InChI is InChI=1S/C8H7BrO3S/c1-2-6-3-7(9)5-8(4-6)13(10,11)12/h2-5H,1H2,(H,10,11,12). The zero-order valence-corrected chi connectivity index (χ0v) is 8.97. The Bertz CT molecular complexity index is 437. The summed E-state index contributed by atoms with van der Waals surface area (Å²) in [7, 11) is -4.14. The zero-order chi connectivity index (χ0) is 10.1. The Morgan fingerprint density at radius 2 is 2.00 bits per heavy atom. The van der Waals surface area contributed by atoms with Gasteiger partial charge in [0.2, 0.25) is 0 Å². The van der Waals surface area contributed by atoms with E-state index in [0.717, 1.165) is 0 Å². The summed E-state index contributed by atoms with van der Waals surface area (Å²) in [5.74, 6) is 0. The number of benzene rings is 1. The van der Waals surface area contributed by atoms with Crippen LogP contribution in [0.4, 0.5) is 0 Å². The van der Waals surface area contributed by atoms with Crippen LogP contribution in [-0.2, 0) is 10.1 Å². The minimum absolute atomic E-state index is 0.142. The Morgan fingerprint density at radius 1 is 1.38 bits per heavy atom. The highest BCUT2D eigenvalue weighted by Crippen LogP contribution is 2.19. The molecule has 1 aromatic carbocycles. The molecule has 0 aliphatic carbocycles. The first-order chi connectivity index (χ1) is 5.93. The van der Waals surface area contributed by atoms with Crippen LogP contribution in [0, 0.1) is 0 Å². The van der Waals surface area contributed by atoms with E-state index in [0.29, 0.717) is 10.0 Å². The molecule has 0 spiro atoms. The Balaban J connectivity index is 3.41. The highest BCUT2D eigenvalue weighted by Gasteiger charge is 2.10. The average Bonchev–Trinajstić information content (AvgIpc) is 2.01. The van der Waals surface area contributed by atoms with Gasteiger partial charge >= 0.3 is 0 Å². The van der Waals surface area contributed by atoms with Crippen molar-refractivity contribution in [2.75, 3.05) is 0 Å². The number of hydrogen-bond donors (Lipinski definition) is 1. The molecule has 1 N–H and O–H groups in total. The molecule has 70 valence electrons. The van der Waals surface area contributed by atoms with Crippen LogP contribution in [0.5, 0.6) is 0 Å². The van der Waals surface area contributed by atoms with Gasteiger partial charge in [-0.1, -0.05) is 28.6 Å². The second kappa shape index (κ2) is 3.61. The van der Waals surface area contributed by atoms with Crippen LogP contribution in [-0.4, -0.2) is 13.0 Å². The maximum Gasteiger partial charge on any atom is 0.294 e. The number of halogens is 1. The van der Waals surface area contributed by atoms with Crippen molar-refractivity contribution in [3.63, 3.8) is 0 Å². The highest BCUT2D eigenvalue weighted by atomic mass is 79.9. The zero-order valence-electron chi connectivity index (χ0n) is 6.57. The van der Waals surface area contributed by atoms with Gasteiger partial charge in [-0.15, -0.1) is 0 Å². The van der Waals surface area contributed by atoms with Gasteiger partial charge in [0.15, 0.2) is 0 Å². The van der Waals surface area contributed by atoms with Crippen LogP contribution >= 0.6 is 15.9 Å². The molecule has 0 amide bonds. The number of hydrogen-bond acceptors (Lipinski definition) is 2. The van der Waals surface area contributed by atoms with Gasteiger partial charge < -0.3 is 0 Å². The van der Waals surface area contributed by atoms with Crippen molar-refractivity contribution in [2.24, 2.45) is 0 Å². The van der Waals surface area contributed by atoms with Gasteiger partial charge in [-0.05, 0) is 23.8 Å². The van der Waals surface area contributed by atoms with Gasteiger partial charge in [-0.2, -0.15) is 8.42 Å². The molecule has 0 aliphatic heterocycles. The molecular weight excluding hydrogens is 256 g/mol. The highest BCUT2D eigenvalue weighted by molar-refractivity contribution is 9.10. The summed E-state index contributed by atoms with van der Waals surface area (Å²) in [5.41, 5.74) is 0.627. The molecule has 1 rings (SSSR count). The predicted octanol–water partition coefficient (Wildman–Crippen LogP) is 2.34. The van der Waals surface area contributed by atoms with Crippen LogP contribution in [0.3, 0.4) is 0 Å². The van der Waals surface area contributed by atoms with Crippen molar-refractivity contribution in [3.8, 4) is 0 Å². The molecule has 0 saturated carbocycles. The Kier molecular flexibility index (Phi) is 2.90. The second-order valence-electron chi connectivity index (χ2n) is 2.40. The van der Waals surface area contributed by atoms with Gasteiger partial charge in [-0.3, -0.25) is 4.55 Å². The van der Waals surface area contributed by atoms with E-state index in [4.69, 9.17) is 4.55 Å². The largest absolute Gasteiger partial charge is 0.294 e. The summed E-state index contributed by atoms with van der Waals surface area (Å²) >= 11 is 3.12. The summed E-state index contributed by atoms with van der Waals surface area (Å²) < 4.78 is 30.8. The predicted molar refractivity (Wildman–Crippen MR) is 54.0 cm³/mol. The van der Waals surface area contributed by atoms with E-state index in [2.05, 4.69) is 22.5 Å². The molecule has 0 bridgehead atoms. The quantitative estimate of drug-likeness (QED) is 0.833. The summed E-state index contributed by atoms with van der Waals surface area (Å²) in [6.07, 6.45) is 1.50. The smallest absolute Gasteiger partial charge is 0.282 e. The van der Waals surface area contributed by atoms with Gasteiger partial charge in [-0.25, -0.2) is 0 Å². The maximum atomic E-state index is 10.8. The first-order valence-corrected chi connectivity index (χ1v) is 5.57. The van der Waals surface area contributed by atoms with Gasteiger partial charge in [0.05, 0.1) is 4.90 Å². The lowest BCUT2D eigenvalue weighted by molar-refractivity contribution is 0.483. The molecule has 0 radical (unpaired) electrons. The topological polar surface area (TPSA) is 54.4 Å². The van der Waals surface area contributed by atoms with E-state index in [1.54, 1.807) is 6.07 Å². The lowest BCUT2D eigenvalue weighted by Gasteiger charge is -2.00. The van der Waals surface area contributed by atoms with E-state index < -0.39 is 10.1 Å². The minimum atomic E-state index is -4.14. The molecule has 0 aliphatic rings. The van der Waals surface area contributed by atoms with E-state index in [9.17, 15) is 8.42 Å². The molecule has 0 heterocycles. The van der Waals surface area contributed by atoms with Crippen molar-refractivity contribution in [2.45, 2.75) is 4.90 Å². The van der Waals surface area contributed by atoms with E-state index in [1.165, 1.54) is 18.2 Å².